The summed E-state index contributed by atoms with van der Waals surface area (Å²) in [5, 5.41) is 21.2. The summed E-state index contributed by atoms with van der Waals surface area (Å²) in [7, 11) is 0. The average Bonchev–Trinajstić information content (AvgIpc) is 2.37. The van der Waals surface area contributed by atoms with Gasteiger partial charge in [0.25, 0.3) is 0 Å². The number of anilines is 1. The van der Waals surface area contributed by atoms with Crippen LogP contribution in [0.25, 0.3) is 0 Å². The molecule has 0 aliphatic heterocycles. The molecule has 90 valence electrons. The third-order valence-corrected chi connectivity index (χ3v) is 2.49. The lowest BCUT2D eigenvalue weighted by molar-refractivity contribution is 0.475. The van der Waals surface area contributed by atoms with E-state index in [4.69, 9.17) is 5.26 Å². The van der Waals surface area contributed by atoms with Gasteiger partial charge in [-0.25, -0.2) is 4.39 Å². The van der Waals surface area contributed by atoms with Gasteiger partial charge < -0.3 is 10.4 Å². The van der Waals surface area contributed by atoms with Crippen LogP contribution >= 0.6 is 0 Å². The van der Waals surface area contributed by atoms with Gasteiger partial charge in [-0.05, 0) is 35.9 Å². The summed E-state index contributed by atoms with van der Waals surface area (Å²) in [6.07, 6.45) is 0. The first-order chi connectivity index (χ1) is 8.69. The highest BCUT2D eigenvalue weighted by molar-refractivity contribution is 5.48. The van der Waals surface area contributed by atoms with Gasteiger partial charge in [0.1, 0.15) is 17.6 Å². The molecule has 0 aromatic heterocycles. The molecule has 0 bridgehead atoms. The van der Waals surface area contributed by atoms with Crippen LogP contribution < -0.4 is 5.32 Å². The first kappa shape index (κ1) is 11.9. The van der Waals surface area contributed by atoms with Crippen LogP contribution in [0, 0.1) is 17.1 Å². The lowest BCUT2D eigenvalue weighted by atomic mass is 10.1. The second-order valence-electron chi connectivity index (χ2n) is 3.81. The van der Waals surface area contributed by atoms with Gasteiger partial charge in [0.15, 0.2) is 0 Å². The van der Waals surface area contributed by atoms with Crippen molar-refractivity contribution in [2.24, 2.45) is 0 Å². The Morgan fingerprint density at radius 2 is 1.89 bits per heavy atom. The van der Waals surface area contributed by atoms with E-state index >= 15 is 0 Å². The van der Waals surface area contributed by atoms with Crippen molar-refractivity contribution < 1.29 is 9.50 Å². The fourth-order valence-electron chi connectivity index (χ4n) is 1.60. The molecule has 1 unspecified atom stereocenters. The maximum absolute atomic E-state index is 13.0. The Kier molecular flexibility index (Phi) is 3.44. The van der Waals surface area contributed by atoms with Crippen molar-refractivity contribution in [2.45, 2.75) is 6.04 Å². The predicted molar refractivity (Wildman–Crippen MR) is 66.5 cm³/mol. The number of hydrogen-bond donors (Lipinski definition) is 2. The Labute approximate surface area is 104 Å². The predicted octanol–water partition coefficient (Wildman–Crippen LogP) is 3.21. The zero-order valence-corrected chi connectivity index (χ0v) is 9.47. The molecule has 0 amide bonds. The Hall–Kier alpha value is -2.54. The van der Waals surface area contributed by atoms with Crippen LogP contribution in [-0.4, -0.2) is 5.11 Å². The topological polar surface area (TPSA) is 56.0 Å². The smallest absolute Gasteiger partial charge is 0.140 e. The molecule has 2 N–H and O–H groups in total. The van der Waals surface area contributed by atoms with E-state index in [1.165, 1.54) is 24.3 Å². The van der Waals surface area contributed by atoms with E-state index in [1.54, 1.807) is 24.3 Å². The van der Waals surface area contributed by atoms with Crippen molar-refractivity contribution in [1.82, 2.24) is 0 Å². The molecule has 18 heavy (non-hydrogen) atoms. The van der Waals surface area contributed by atoms with Crippen molar-refractivity contribution in [3.05, 3.63) is 59.9 Å². The summed E-state index contributed by atoms with van der Waals surface area (Å²) < 4.78 is 13.0. The van der Waals surface area contributed by atoms with Gasteiger partial charge in [0, 0.05) is 5.69 Å². The molecule has 3 nitrogen and oxygen atoms in total. The molecular formula is C14H11FN2O. The Morgan fingerprint density at radius 1 is 1.17 bits per heavy atom. The molecule has 1 atom stereocenters. The summed E-state index contributed by atoms with van der Waals surface area (Å²) in [5.41, 5.74) is 1.24. The zero-order valence-electron chi connectivity index (χ0n) is 9.47. The number of nitriles is 1. The van der Waals surface area contributed by atoms with Crippen LogP contribution in [0.3, 0.4) is 0 Å². The van der Waals surface area contributed by atoms with Crippen LogP contribution in [0.2, 0.25) is 0 Å². The maximum Gasteiger partial charge on any atom is 0.140 e. The monoisotopic (exact) mass is 242 g/mol. The average molecular weight is 242 g/mol. The van der Waals surface area contributed by atoms with Crippen LogP contribution in [-0.2, 0) is 0 Å². The molecule has 0 saturated heterocycles. The van der Waals surface area contributed by atoms with Crippen LogP contribution in [0.5, 0.6) is 5.75 Å². The highest BCUT2D eigenvalue weighted by Crippen LogP contribution is 2.21. The highest BCUT2D eigenvalue weighted by Gasteiger charge is 2.10. The number of hydrogen-bond acceptors (Lipinski definition) is 3. The molecule has 2 aromatic carbocycles. The van der Waals surface area contributed by atoms with Crippen LogP contribution in [0.1, 0.15) is 11.6 Å². The number of nitrogens with one attached hydrogen (secondary N) is 1. The number of phenolic OH excluding ortho intramolecular Hbond substituents is 1. The standard InChI is InChI=1S/C14H11FN2O/c15-11-2-1-3-12(8-11)17-14(9-16)10-4-6-13(18)7-5-10/h1-8,14,17-18H. The maximum atomic E-state index is 13.0. The number of rotatable bonds is 3. The summed E-state index contributed by atoms with van der Waals surface area (Å²) in [4.78, 5) is 0. The molecular weight excluding hydrogens is 231 g/mol. The summed E-state index contributed by atoms with van der Waals surface area (Å²) in [6.45, 7) is 0. The first-order valence-electron chi connectivity index (χ1n) is 5.39. The lowest BCUT2D eigenvalue weighted by Gasteiger charge is -2.13. The molecule has 0 radical (unpaired) electrons. The molecule has 4 heteroatoms. The summed E-state index contributed by atoms with van der Waals surface area (Å²) in [5.74, 6) is -0.219. The minimum atomic E-state index is -0.590. The molecule has 0 heterocycles. The number of nitrogens with zero attached hydrogens (tertiary/aromatic N) is 1. The van der Waals surface area contributed by atoms with Gasteiger partial charge in [-0.2, -0.15) is 5.26 Å². The SMILES string of the molecule is N#CC(Nc1cccc(F)c1)c1ccc(O)cc1. The second kappa shape index (κ2) is 5.19. The van der Waals surface area contributed by atoms with E-state index < -0.39 is 6.04 Å². The van der Waals surface area contributed by atoms with Crippen LogP contribution in [0.15, 0.2) is 48.5 Å². The highest BCUT2D eigenvalue weighted by atomic mass is 19.1. The molecule has 0 spiro atoms. The van der Waals surface area contributed by atoms with Gasteiger partial charge in [-0.15, -0.1) is 0 Å². The third kappa shape index (κ3) is 2.77. The number of phenols is 1. The van der Waals surface area contributed by atoms with Crippen molar-refractivity contribution in [3.8, 4) is 11.8 Å². The quantitative estimate of drug-likeness (QED) is 0.868. The van der Waals surface area contributed by atoms with Gasteiger partial charge in [-0.1, -0.05) is 18.2 Å². The molecule has 0 aliphatic rings. The minimum absolute atomic E-state index is 0.140. The fourth-order valence-corrected chi connectivity index (χ4v) is 1.60. The van der Waals surface area contributed by atoms with E-state index in [9.17, 15) is 9.50 Å². The van der Waals surface area contributed by atoms with E-state index in [1.807, 2.05) is 0 Å². The van der Waals surface area contributed by atoms with E-state index in [-0.39, 0.29) is 11.6 Å². The first-order valence-corrected chi connectivity index (χ1v) is 5.39. The van der Waals surface area contributed by atoms with Crippen molar-refractivity contribution in [2.75, 3.05) is 5.32 Å². The third-order valence-electron chi connectivity index (χ3n) is 2.49. The fraction of sp³-hybridized carbons (Fsp3) is 0.0714. The molecule has 2 aromatic rings. The lowest BCUT2D eigenvalue weighted by Crippen LogP contribution is -2.08. The number of benzene rings is 2. The summed E-state index contributed by atoms with van der Waals surface area (Å²) >= 11 is 0. The zero-order chi connectivity index (χ0) is 13.0. The van der Waals surface area contributed by atoms with Crippen LogP contribution in [0.4, 0.5) is 10.1 Å². The van der Waals surface area contributed by atoms with E-state index in [2.05, 4.69) is 11.4 Å². The Morgan fingerprint density at radius 3 is 2.50 bits per heavy atom. The largest absolute Gasteiger partial charge is 0.508 e. The van der Waals surface area contributed by atoms with Gasteiger partial charge in [-0.3, -0.25) is 0 Å². The normalized spacial score (nSPS) is 11.6. The van der Waals surface area contributed by atoms with Gasteiger partial charge in [0.05, 0.1) is 6.07 Å². The van der Waals surface area contributed by atoms with Crippen molar-refractivity contribution >= 4 is 5.69 Å². The Bertz CT molecular complexity index is 575. The molecule has 2 rings (SSSR count). The summed E-state index contributed by atoms with van der Waals surface area (Å²) in [6, 6.07) is 13.7. The van der Waals surface area contributed by atoms with Crippen molar-refractivity contribution in [1.29, 1.82) is 5.26 Å². The van der Waals surface area contributed by atoms with Gasteiger partial charge >= 0.3 is 0 Å². The molecule has 0 fully saturated rings. The molecule has 0 saturated carbocycles. The van der Waals surface area contributed by atoms with Gasteiger partial charge in [0.2, 0.25) is 0 Å². The Balaban J connectivity index is 2.20. The van der Waals surface area contributed by atoms with E-state index in [0.717, 1.165) is 0 Å². The van der Waals surface area contributed by atoms with E-state index in [0.29, 0.717) is 11.3 Å². The second-order valence-corrected chi connectivity index (χ2v) is 3.81. The molecule has 0 aliphatic carbocycles. The minimum Gasteiger partial charge on any atom is -0.508 e. The van der Waals surface area contributed by atoms with Crippen molar-refractivity contribution in [3.63, 3.8) is 0 Å². The number of halogens is 1. The number of aromatic hydroxyl groups is 1.